The van der Waals surface area contributed by atoms with E-state index < -0.39 is 5.97 Å². The summed E-state index contributed by atoms with van der Waals surface area (Å²) in [6, 6.07) is 16.1. The number of carbonyl (C=O) groups excluding carboxylic acids is 1. The monoisotopic (exact) mass is 482 g/mol. The van der Waals surface area contributed by atoms with Crippen LogP contribution in [0.1, 0.15) is 34.0 Å². The number of halogens is 1. The number of hydrogen-bond acceptors (Lipinski definition) is 5. The van der Waals surface area contributed by atoms with Crippen molar-refractivity contribution in [2.45, 2.75) is 26.7 Å². The molecule has 5 aromatic rings. The molecule has 6 rings (SSSR count). The number of anilines is 1. The molecule has 2 aromatic carbocycles. The molecule has 0 bridgehead atoms. The lowest BCUT2D eigenvalue weighted by Crippen LogP contribution is -2.17. The van der Waals surface area contributed by atoms with E-state index >= 15 is 0 Å². The average molecular weight is 483 g/mol. The van der Waals surface area contributed by atoms with Crippen LogP contribution in [0.3, 0.4) is 0 Å². The highest BCUT2D eigenvalue weighted by Crippen LogP contribution is 2.45. The van der Waals surface area contributed by atoms with Crippen LogP contribution in [0.2, 0.25) is 5.15 Å². The van der Waals surface area contributed by atoms with E-state index in [0.29, 0.717) is 22.7 Å². The molecule has 0 aliphatic heterocycles. The van der Waals surface area contributed by atoms with E-state index in [2.05, 4.69) is 35.1 Å². The first-order chi connectivity index (χ1) is 17.0. The van der Waals surface area contributed by atoms with Crippen LogP contribution >= 0.6 is 11.6 Å². The third-order valence-electron chi connectivity index (χ3n) is 6.68. The fourth-order valence-electron chi connectivity index (χ4n) is 5.14. The fourth-order valence-corrected chi connectivity index (χ4v) is 5.38. The molecule has 6 nitrogen and oxygen atoms in total. The van der Waals surface area contributed by atoms with Crippen molar-refractivity contribution in [1.29, 1.82) is 0 Å². The van der Waals surface area contributed by atoms with Crippen molar-refractivity contribution in [2.24, 2.45) is 0 Å². The molecule has 0 saturated heterocycles. The maximum absolute atomic E-state index is 13.1. The lowest BCUT2D eigenvalue weighted by Gasteiger charge is -2.23. The van der Waals surface area contributed by atoms with Crippen LogP contribution in [0.25, 0.3) is 44.3 Å². The van der Waals surface area contributed by atoms with Crippen molar-refractivity contribution in [1.82, 2.24) is 15.0 Å². The van der Waals surface area contributed by atoms with Crippen LogP contribution in [0.5, 0.6) is 0 Å². The largest absolute Gasteiger partial charge is 0.462 e. The quantitative estimate of drug-likeness (QED) is 0.233. The number of H-pyrrole nitrogens is 1. The van der Waals surface area contributed by atoms with Crippen molar-refractivity contribution < 1.29 is 9.53 Å². The van der Waals surface area contributed by atoms with Gasteiger partial charge in [0.15, 0.2) is 0 Å². The van der Waals surface area contributed by atoms with Gasteiger partial charge in [-0.3, -0.25) is 0 Å². The Morgan fingerprint density at radius 3 is 2.74 bits per heavy atom. The van der Waals surface area contributed by atoms with E-state index in [1.54, 1.807) is 6.92 Å². The number of aromatic amines is 1. The van der Waals surface area contributed by atoms with Gasteiger partial charge in [0.1, 0.15) is 16.5 Å². The number of hydrogen-bond donors (Lipinski definition) is 2. The van der Waals surface area contributed by atoms with Gasteiger partial charge < -0.3 is 15.5 Å². The van der Waals surface area contributed by atoms with E-state index in [0.717, 1.165) is 39.8 Å². The van der Waals surface area contributed by atoms with Gasteiger partial charge in [-0.2, -0.15) is 0 Å². The molecule has 0 radical (unpaired) electrons. The van der Waals surface area contributed by atoms with Gasteiger partial charge in [-0.25, -0.2) is 14.8 Å². The number of aryl methyl sites for hydroxylation is 2. The number of carbonyl (C=O) groups is 1. The highest BCUT2D eigenvalue weighted by molar-refractivity contribution is 6.33. The second-order valence-electron chi connectivity index (χ2n) is 8.84. The molecule has 174 valence electrons. The molecule has 3 aromatic heterocycles. The van der Waals surface area contributed by atoms with Gasteiger partial charge in [-0.05, 0) is 62.1 Å². The second-order valence-corrected chi connectivity index (χ2v) is 9.20. The Balaban J connectivity index is 1.69. The molecule has 0 atom stereocenters. The number of nitrogens with one attached hydrogen (secondary N) is 1. The number of rotatable bonds is 3. The highest BCUT2D eigenvalue weighted by atomic mass is 35.5. The third-order valence-corrected chi connectivity index (χ3v) is 6.96. The number of aromatic nitrogens is 3. The van der Waals surface area contributed by atoms with Crippen molar-refractivity contribution in [3.63, 3.8) is 0 Å². The summed E-state index contributed by atoms with van der Waals surface area (Å²) < 4.78 is 5.39. The van der Waals surface area contributed by atoms with Crippen LogP contribution in [0, 0.1) is 6.92 Å². The summed E-state index contributed by atoms with van der Waals surface area (Å²) in [6.07, 6.45) is 1.48. The van der Waals surface area contributed by atoms with Gasteiger partial charge in [-0.15, -0.1) is 0 Å². The lowest BCUT2D eigenvalue weighted by molar-refractivity contribution is 0.0528. The molecule has 0 unspecified atom stereocenters. The second kappa shape index (κ2) is 8.10. The number of nitrogens with zero attached hydrogens (tertiary/aromatic N) is 2. The Hall–Kier alpha value is -3.90. The highest BCUT2D eigenvalue weighted by Gasteiger charge is 2.31. The van der Waals surface area contributed by atoms with Crippen LogP contribution < -0.4 is 5.73 Å². The van der Waals surface area contributed by atoms with Gasteiger partial charge in [0.25, 0.3) is 0 Å². The predicted molar refractivity (Wildman–Crippen MR) is 140 cm³/mol. The van der Waals surface area contributed by atoms with Gasteiger partial charge >= 0.3 is 5.97 Å². The molecule has 1 aliphatic carbocycles. The molecule has 7 heteroatoms. The van der Waals surface area contributed by atoms with Crippen molar-refractivity contribution in [3.8, 4) is 22.5 Å². The maximum Gasteiger partial charge on any atom is 0.342 e. The van der Waals surface area contributed by atoms with Gasteiger partial charge in [0.2, 0.25) is 0 Å². The zero-order valence-corrected chi connectivity index (χ0v) is 20.2. The Kier molecular flexibility index (Phi) is 5.00. The normalized spacial score (nSPS) is 12.5. The number of pyridine rings is 2. The number of nitrogens with two attached hydrogens (primary N) is 1. The fraction of sp³-hybridized carbons (Fsp3) is 0.179. The summed E-state index contributed by atoms with van der Waals surface area (Å²) in [6.45, 7) is 4.08. The van der Waals surface area contributed by atoms with E-state index in [9.17, 15) is 4.79 Å². The van der Waals surface area contributed by atoms with E-state index in [1.165, 1.54) is 16.5 Å². The number of nitrogen functional groups attached to an aromatic ring is 1. The summed E-state index contributed by atoms with van der Waals surface area (Å²) in [4.78, 5) is 26.0. The smallest absolute Gasteiger partial charge is 0.342 e. The molecule has 35 heavy (non-hydrogen) atoms. The van der Waals surface area contributed by atoms with Crippen molar-refractivity contribution in [2.75, 3.05) is 12.3 Å². The topological polar surface area (TPSA) is 93.9 Å². The number of ether oxygens (including phenoxy) is 1. The Bertz CT molecular complexity index is 1670. The van der Waals surface area contributed by atoms with Crippen LogP contribution in [-0.4, -0.2) is 27.5 Å². The van der Waals surface area contributed by atoms with E-state index in [4.69, 9.17) is 27.1 Å². The van der Waals surface area contributed by atoms with E-state index in [1.807, 2.05) is 30.3 Å². The zero-order chi connectivity index (χ0) is 24.3. The van der Waals surface area contributed by atoms with Gasteiger partial charge in [0, 0.05) is 27.4 Å². The van der Waals surface area contributed by atoms with Crippen molar-refractivity contribution in [3.05, 3.63) is 75.9 Å². The first-order valence-corrected chi connectivity index (χ1v) is 12.0. The number of fused-ring (bicyclic) bond motifs is 6. The lowest BCUT2D eigenvalue weighted by atomic mass is 9.85. The predicted octanol–water partition coefficient (Wildman–Crippen LogP) is 6.26. The Labute approximate surface area is 207 Å². The molecule has 0 spiro atoms. The summed E-state index contributed by atoms with van der Waals surface area (Å²) >= 11 is 6.74. The minimum atomic E-state index is -0.516. The number of esters is 1. The van der Waals surface area contributed by atoms with Gasteiger partial charge in [-0.1, -0.05) is 41.4 Å². The molecule has 1 aliphatic rings. The average Bonchev–Trinajstić information content (AvgIpc) is 3.21. The Morgan fingerprint density at radius 1 is 1.11 bits per heavy atom. The SMILES string of the molecule is CCOC(=O)c1c(N)nc2c(c1-c1cc3ccccc3nc1Cl)CCc1c-2[nH]c2ccc(C)cc12. The summed E-state index contributed by atoms with van der Waals surface area (Å²) in [7, 11) is 0. The van der Waals surface area contributed by atoms with Crippen LogP contribution in [-0.2, 0) is 17.6 Å². The van der Waals surface area contributed by atoms with Gasteiger partial charge in [0.05, 0.1) is 23.5 Å². The maximum atomic E-state index is 13.1. The van der Waals surface area contributed by atoms with Crippen LogP contribution in [0.15, 0.2) is 48.5 Å². The minimum absolute atomic E-state index is 0.115. The molecule has 3 N–H and O–H groups in total. The minimum Gasteiger partial charge on any atom is -0.462 e. The molecule has 0 fully saturated rings. The van der Waals surface area contributed by atoms with Crippen molar-refractivity contribution >= 4 is 45.2 Å². The summed E-state index contributed by atoms with van der Waals surface area (Å²) in [5.41, 5.74) is 14.8. The molecule has 0 amide bonds. The standard InChI is InChI=1S/C28H23ClN4O2/c1-3-35-28(34)23-22(19-13-15-6-4-5-7-20(15)32-26(19)29)17-10-9-16-18-12-14(2)8-11-21(18)31-24(16)25(17)33-27(23)30/h4-8,11-13,31H,3,9-10H2,1-2H3,(H2,30,33). The first kappa shape index (κ1) is 21.6. The molecule has 3 heterocycles. The van der Waals surface area contributed by atoms with Crippen LogP contribution in [0.4, 0.5) is 5.82 Å². The Morgan fingerprint density at radius 2 is 1.91 bits per heavy atom. The van der Waals surface area contributed by atoms with E-state index in [-0.39, 0.29) is 18.0 Å². The summed E-state index contributed by atoms with van der Waals surface area (Å²) in [5.74, 6) is -0.401. The molecule has 0 saturated carbocycles. The summed E-state index contributed by atoms with van der Waals surface area (Å²) in [5, 5.41) is 2.41. The first-order valence-electron chi connectivity index (χ1n) is 11.6. The molecular weight excluding hydrogens is 460 g/mol. The number of benzene rings is 2. The third kappa shape index (κ3) is 3.36. The zero-order valence-electron chi connectivity index (χ0n) is 19.4. The molecular formula is C28H23ClN4O2. The number of para-hydroxylation sites is 1.